The number of halogens is 2. The number of hydrogen-bond acceptors (Lipinski definition) is 4. The number of anilines is 1. The smallest absolute Gasteiger partial charge is 0.264 e. The van der Waals surface area contributed by atoms with Crippen molar-refractivity contribution in [3.63, 3.8) is 0 Å². The molecular formula is C35H37BrClN3O4S. The molecule has 4 rings (SSSR count). The van der Waals surface area contributed by atoms with Crippen LogP contribution in [0.1, 0.15) is 30.5 Å². The number of carbonyl (C=O) groups excluding carboxylic acids is 2. The second kappa shape index (κ2) is 15.6. The van der Waals surface area contributed by atoms with E-state index in [1.807, 2.05) is 68.4 Å². The van der Waals surface area contributed by atoms with E-state index < -0.39 is 28.5 Å². The summed E-state index contributed by atoms with van der Waals surface area (Å²) in [7, 11) is -4.21. The summed E-state index contributed by atoms with van der Waals surface area (Å²) >= 11 is 9.85. The van der Waals surface area contributed by atoms with E-state index in [0.29, 0.717) is 17.1 Å². The number of nitrogens with zero attached hydrogens (tertiary/aromatic N) is 2. The summed E-state index contributed by atoms with van der Waals surface area (Å²) in [5, 5.41) is 3.33. The number of benzene rings is 4. The van der Waals surface area contributed by atoms with E-state index in [1.54, 1.807) is 43.3 Å². The van der Waals surface area contributed by atoms with Gasteiger partial charge in [0.2, 0.25) is 11.8 Å². The van der Waals surface area contributed by atoms with Gasteiger partial charge >= 0.3 is 0 Å². The van der Waals surface area contributed by atoms with Crippen LogP contribution in [-0.4, -0.2) is 44.3 Å². The van der Waals surface area contributed by atoms with Gasteiger partial charge in [-0.2, -0.15) is 0 Å². The van der Waals surface area contributed by atoms with Crippen molar-refractivity contribution in [2.75, 3.05) is 17.4 Å². The van der Waals surface area contributed by atoms with Crippen LogP contribution in [0.2, 0.25) is 5.02 Å². The summed E-state index contributed by atoms with van der Waals surface area (Å²) in [6.07, 6.45) is 0.242. The van der Waals surface area contributed by atoms with Crippen molar-refractivity contribution in [1.29, 1.82) is 0 Å². The number of sulfonamides is 1. The summed E-state index contributed by atoms with van der Waals surface area (Å²) in [5.41, 5.74) is 2.56. The first-order valence-electron chi connectivity index (χ1n) is 14.6. The Morgan fingerprint density at radius 3 is 2.16 bits per heavy atom. The Hall–Kier alpha value is -3.66. The topological polar surface area (TPSA) is 86.8 Å². The Labute approximate surface area is 279 Å². The first kappa shape index (κ1) is 34.2. The summed E-state index contributed by atoms with van der Waals surface area (Å²) in [6, 6.07) is 28.9. The highest BCUT2D eigenvalue weighted by molar-refractivity contribution is 9.10. The van der Waals surface area contributed by atoms with Crippen LogP contribution in [0.3, 0.4) is 0 Å². The molecule has 0 aromatic heterocycles. The predicted octanol–water partition coefficient (Wildman–Crippen LogP) is 7.02. The fourth-order valence-electron chi connectivity index (χ4n) is 4.89. The number of hydrogen-bond donors (Lipinski definition) is 1. The van der Waals surface area contributed by atoms with E-state index in [2.05, 4.69) is 21.2 Å². The fourth-order valence-corrected chi connectivity index (χ4v) is 7.00. The molecule has 0 saturated heterocycles. The van der Waals surface area contributed by atoms with Crippen LogP contribution in [0.25, 0.3) is 0 Å². The van der Waals surface area contributed by atoms with E-state index >= 15 is 0 Å². The molecule has 10 heteroatoms. The van der Waals surface area contributed by atoms with Crippen molar-refractivity contribution in [3.05, 3.63) is 129 Å². The lowest BCUT2D eigenvalue weighted by atomic mass is 10.0. The van der Waals surface area contributed by atoms with Crippen molar-refractivity contribution in [2.24, 2.45) is 5.92 Å². The zero-order chi connectivity index (χ0) is 32.6. The average molecular weight is 711 g/mol. The molecular weight excluding hydrogens is 674 g/mol. The van der Waals surface area contributed by atoms with Gasteiger partial charge in [-0.3, -0.25) is 13.9 Å². The standard InChI is InChI=1S/C35H37BrClN3O4S/c1-25(2)22-38-35(42)33(20-27-11-6-4-7-12-27)39(23-28-13-10-14-29(36)19-28)34(41)24-40(32-21-30(37)18-17-26(32)3)45(43,44)31-15-8-5-9-16-31/h4-19,21,25,33H,20,22-24H2,1-3H3,(H,38,42). The largest absolute Gasteiger partial charge is 0.354 e. The monoisotopic (exact) mass is 709 g/mol. The zero-order valence-corrected chi connectivity index (χ0v) is 28.6. The van der Waals surface area contributed by atoms with Crippen molar-refractivity contribution >= 4 is 55.1 Å². The van der Waals surface area contributed by atoms with Crippen LogP contribution in [0, 0.1) is 12.8 Å². The Balaban J connectivity index is 1.82. The lowest BCUT2D eigenvalue weighted by Crippen LogP contribution is -2.53. The van der Waals surface area contributed by atoms with Gasteiger partial charge in [-0.1, -0.05) is 108 Å². The molecule has 0 aliphatic carbocycles. The minimum absolute atomic E-state index is 0.0335. The minimum Gasteiger partial charge on any atom is -0.354 e. The van der Waals surface area contributed by atoms with Crippen LogP contribution in [-0.2, 0) is 32.6 Å². The minimum atomic E-state index is -4.21. The van der Waals surface area contributed by atoms with Crippen molar-refractivity contribution in [2.45, 2.75) is 44.7 Å². The first-order chi connectivity index (χ1) is 21.5. The van der Waals surface area contributed by atoms with Crippen molar-refractivity contribution < 1.29 is 18.0 Å². The van der Waals surface area contributed by atoms with Gasteiger partial charge in [0, 0.05) is 29.0 Å². The molecule has 0 aliphatic heterocycles. The number of amides is 2. The van der Waals surface area contributed by atoms with Crippen molar-refractivity contribution in [3.8, 4) is 0 Å². The number of rotatable bonds is 13. The molecule has 45 heavy (non-hydrogen) atoms. The normalized spacial score (nSPS) is 12.0. The number of carbonyl (C=O) groups is 2. The number of nitrogens with one attached hydrogen (secondary N) is 1. The molecule has 0 bridgehead atoms. The first-order valence-corrected chi connectivity index (χ1v) is 17.3. The van der Waals surface area contributed by atoms with Gasteiger partial charge in [-0.25, -0.2) is 8.42 Å². The predicted molar refractivity (Wildman–Crippen MR) is 184 cm³/mol. The highest BCUT2D eigenvalue weighted by atomic mass is 79.9. The highest BCUT2D eigenvalue weighted by Crippen LogP contribution is 2.30. The van der Waals surface area contributed by atoms with Gasteiger partial charge < -0.3 is 10.2 Å². The molecule has 2 amide bonds. The van der Waals surface area contributed by atoms with Crippen LogP contribution in [0.4, 0.5) is 5.69 Å². The Bertz CT molecular complexity index is 1720. The molecule has 0 fully saturated rings. The van der Waals surface area contributed by atoms with Crippen LogP contribution in [0.15, 0.2) is 112 Å². The van der Waals surface area contributed by atoms with E-state index in [4.69, 9.17) is 11.6 Å². The summed E-state index contributed by atoms with van der Waals surface area (Å²) in [4.78, 5) is 29.9. The molecule has 7 nitrogen and oxygen atoms in total. The van der Waals surface area contributed by atoms with E-state index in [0.717, 1.165) is 19.9 Å². The van der Waals surface area contributed by atoms with Gasteiger partial charge in [0.1, 0.15) is 12.6 Å². The van der Waals surface area contributed by atoms with Crippen molar-refractivity contribution in [1.82, 2.24) is 10.2 Å². The average Bonchev–Trinajstić information content (AvgIpc) is 3.02. The zero-order valence-electron chi connectivity index (χ0n) is 25.5. The third kappa shape index (κ3) is 9.19. The number of aryl methyl sites for hydroxylation is 1. The molecule has 0 spiro atoms. The van der Waals surface area contributed by atoms with Gasteiger partial charge in [0.15, 0.2) is 0 Å². The van der Waals surface area contributed by atoms with Gasteiger partial charge in [-0.05, 0) is 65.9 Å². The van der Waals surface area contributed by atoms with Gasteiger partial charge in [0.25, 0.3) is 10.0 Å². The van der Waals surface area contributed by atoms with Crippen LogP contribution >= 0.6 is 27.5 Å². The lowest BCUT2D eigenvalue weighted by molar-refractivity contribution is -0.140. The Morgan fingerprint density at radius 1 is 0.867 bits per heavy atom. The molecule has 236 valence electrons. The molecule has 4 aromatic rings. The molecule has 1 atom stereocenters. The highest BCUT2D eigenvalue weighted by Gasteiger charge is 2.35. The summed E-state index contributed by atoms with van der Waals surface area (Å²) in [5.74, 6) is -0.653. The maximum Gasteiger partial charge on any atom is 0.264 e. The third-order valence-corrected chi connectivity index (χ3v) is 9.75. The molecule has 0 radical (unpaired) electrons. The fraction of sp³-hybridized carbons (Fsp3) is 0.257. The maximum atomic E-state index is 14.6. The molecule has 1 N–H and O–H groups in total. The van der Waals surface area contributed by atoms with Gasteiger partial charge in [-0.15, -0.1) is 0 Å². The molecule has 4 aromatic carbocycles. The maximum absolute atomic E-state index is 14.6. The van der Waals surface area contributed by atoms with Gasteiger partial charge in [0.05, 0.1) is 10.6 Å². The molecule has 0 saturated carbocycles. The Kier molecular flexibility index (Phi) is 11.8. The second-order valence-corrected chi connectivity index (χ2v) is 14.5. The van der Waals surface area contributed by atoms with E-state index in [-0.39, 0.29) is 35.4 Å². The quantitative estimate of drug-likeness (QED) is 0.162. The van der Waals surface area contributed by atoms with Crippen LogP contribution < -0.4 is 9.62 Å². The summed E-state index contributed by atoms with van der Waals surface area (Å²) < 4.78 is 30.2. The summed E-state index contributed by atoms with van der Waals surface area (Å²) in [6.45, 7) is 5.72. The second-order valence-electron chi connectivity index (χ2n) is 11.3. The SMILES string of the molecule is Cc1ccc(Cl)cc1N(CC(=O)N(Cc1cccc(Br)c1)C(Cc1ccccc1)C(=O)NCC(C)C)S(=O)(=O)c1ccccc1. The lowest BCUT2D eigenvalue weighted by Gasteiger charge is -2.34. The Morgan fingerprint density at radius 2 is 1.51 bits per heavy atom. The van der Waals surface area contributed by atoms with E-state index in [1.165, 1.54) is 17.0 Å². The van der Waals surface area contributed by atoms with Crippen LogP contribution in [0.5, 0.6) is 0 Å². The molecule has 1 unspecified atom stereocenters. The third-order valence-electron chi connectivity index (χ3n) is 7.25. The molecule has 0 heterocycles. The van der Waals surface area contributed by atoms with E-state index in [9.17, 15) is 18.0 Å². The molecule has 0 aliphatic rings.